The van der Waals surface area contributed by atoms with Crippen molar-refractivity contribution in [1.82, 2.24) is 4.90 Å². The first-order valence-electron chi connectivity index (χ1n) is 5.84. The Balaban J connectivity index is 2.24. The third-order valence-corrected chi connectivity index (χ3v) is 3.36. The first-order valence-corrected chi connectivity index (χ1v) is 5.84. The summed E-state index contributed by atoms with van der Waals surface area (Å²) < 4.78 is 0. The van der Waals surface area contributed by atoms with Crippen molar-refractivity contribution in [2.45, 2.75) is 32.5 Å². The summed E-state index contributed by atoms with van der Waals surface area (Å²) in [4.78, 5) is 13.4. The maximum Gasteiger partial charge on any atom is 0.249 e. The molecule has 1 heterocycles. The Morgan fingerprint density at radius 1 is 1.29 bits per heavy atom. The Morgan fingerprint density at radius 2 is 1.94 bits per heavy atom. The normalized spacial score (nSPS) is 24.1. The lowest BCUT2D eigenvalue weighted by Crippen LogP contribution is -2.46. The van der Waals surface area contributed by atoms with Crippen molar-refractivity contribution in [3.8, 4) is 0 Å². The van der Waals surface area contributed by atoms with E-state index in [0.29, 0.717) is 13.0 Å². The number of hydrogen-bond donors (Lipinski definition) is 1. The topological polar surface area (TPSA) is 40.5 Å². The van der Waals surface area contributed by atoms with Crippen LogP contribution in [0.5, 0.6) is 0 Å². The van der Waals surface area contributed by atoms with Gasteiger partial charge in [-0.25, -0.2) is 0 Å². The smallest absolute Gasteiger partial charge is 0.249 e. The molecule has 0 saturated carbocycles. The Morgan fingerprint density at radius 3 is 2.53 bits per heavy atom. The molecular weight excluding hydrogens is 214 g/mol. The van der Waals surface area contributed by atoms with E-state index in [1.165, 1.54) is 11.0 Å². The van der Waals surface area contributed by atoms with E-state index in [1.807, 2.05) is 37.3 Å². The zero-order valence-corrected chi connectivity index (χ0v) is 10.2. The van der Waals surface area contributed by atoms with Crippen LogP contribution in [0.3, 0.4) is 0 Å². The van der Waals surface area contributed by atoms with Gasteiger partial charge in [0.2, 0.25) is 5.91 Å². The maximum atomic E-state index is 11.9. The first kappa shape index (κ1) is 11.9. The van der Waals surface area contributed by atoms with Crippen molar-refractivity contribution in [2.75, 3.05) is 0 Å². The highest BCUT2D eigenvalue weighted by Gasteiger charge is 2.42. The fourth-order valence-electron chi connectivity index (χ4n) is 2.22. The number of amides is 1. The van der Waals surface area contributed by atoms with Crippen molar-refractivity contribution in [1.29, 1.82) is 0 Å². The molecule has 1 N–H and O–H groups in total. The van der Waals surface area contributed by atoms with Crippen LogP contribution in [0.25, 0.3) is 0 Å². The number of aliphatic hydroxyl groups is 1. The summed E-state index contributed by atoms with van der Waals surface area (Å²) in [5.41, 5.74) is 0.629. The number of benzene rings is 1. The molecule has 0 aromatic heterocycles. The van der Waals surface area contributed by atoms with Crippen LogP contribution in [0.4, 0.5) is 0 Å². The zero-order chi connectivity index (χ0) is 12.5. The van der Waals surface area contributed by atoms with E-state index in [0.717, 1.165) is 11.1 Å². The summed E-state index contributed by atoms with van der Waals surface area (Å²) in [6, 6.07) is 9.71. The predicted octanol–water partition coefficient (Wildman–Crippen LogP) is 2.07. The highest BCUT2D eigenvalue weighted by atomic mass is 16.3. The van der Waals surface area contributed by atoms with Crippen molar-refractivity contribution < 1.29 is 9.90 Å². The highest BCUT2D eigenvalue weighted by Crippen LogP contribution is 2.32. The number of carbonyl (C=O) groups excluding carboxylic acids is 1. The summed E-state index contributed by atoms with van der Waals surface area (Å²) >= 11 is 0. The fraction of sp³-hybridized carbons (Fsp3) is 0.357. The first-order chi connectivity index (χ1) is 8.08. The summed E-state index contributed by atoms with van der Waals surface area (Å²) in [6.07, 6.45) is 2.03. The van der Waals surface area contributed by atoms with E-state index in [9.17, 15) is 9.90 Å². The van der Waals surface area contributed by atoms with E-state index in [4.69, 9.17) is 0 Å². The van der Waals surface area contributed by atoms with Gasteiger partial charge in [0.05, 0.1) is 0 Å². The average molecular weight is 231 g/mol. The zero-order valence-electron chi connectivity index (χ0n) is 10.2. The molecule has 1 unspecified atom stereocenters. The van der Waals surface area contributed by atoms with Crippen molar-refractivity contribution >= 4 is 5.91 Å². The van der Waals surface area contributed by atoms with Crippen molar-refractivity contribution in [3.63, 3.8) is 0 Å². The van der Waals surface area contributed by atoms with Gasteiger partial charge >= 0.3 is 0 Å². The van der Waals surface area contributed by atoms with Crippen LogP contribution >= 0.6 is 0 Å². The molecule has 0 fully saturated rings. The molecule has 3 heteroatoms. The lowest BCUT2D eigenvalue weighted by Gasteiger charge is -2.34. The Hall–Kier alpha value is -1.61. The van der Waals surface area contributed by atoms with Gasteiger partial charge in [-0.15, -0.1) is 0 Å². The Kier molecular flexibility index (Phi) is 3.03. The molecule has 1 amide bonds. The number of hydrogen-bond acceptors (Lipinski definition) is 2. The van der Waals surface area contributed by atoms with E-state index in [-0.39, 0.29) is 5.91 Å². The van der Waals surface area contributed by atoms with Gasteiger partial charge in [-0.3, -0.25) is 4.79 Å². The molecule has 0 spiro atoms. The number of nitrogens with zero attached hydrogens (tertiary/aromatic N) is 1. The minimum Gasteiger partial charge on any atom is -0.367 e. The van der Waals surface area contributed by atoms with Gasteiger partial charge in [0.15, 0.2) is 5.72 Å². The number of carbonyl (C=O) groups is 1. The molecule has 0 radical (unpaired) electrons. The highest BCUT2D eigenvalue weighted by molar-refractivity contribution is 5.92. The van der Waals surface area contributed by atoms with Gasteiger partial charge in [0, 0.05) is 12.6 Å². The largest absolute Gasteiger partial charge is 0.367 e. The molecular formula is C14H17NO2. The molecule has 0 saturated heterocycles. The minimum atomic E-state index is -1.12. The Labute approximate surface area is 101 Å². The van der Waals surface area contributed by atoms with Gasteiger partial charge < -0.3 is 10.0 Å². The van der Waals surface area contributed by atoms with Crippen LogP contribution in [-0.4, -0.2) is 21.6 Å². The van der Waals surface area contributed by atoms with Crippen LogP contribution in [0, 0.1) is 0 Å². The van der Waals surface area contributed by atoms with E-state index < -0.39 is 5.72 Å². The van der Waals surface area contributed by atoms with Gasteiger partial charge in [0.25, 0.3) is 0 Å². The molecule has 2 rings (SSSR count). The van der Waals surface area contributed by atoms with Crippen LogP contribution in [0.2, 0.25) is 0 Å². The van der Waals surface area contributed by atoms with Gasteiger partial charge in [-0.1, -0.05) is 37.3 Å². The standard InChI is InChI=1S/C14H17NO2/c1-3-14(17)11(2)9-13(16)15(14)10-12-7-5-4-6-8-12/h4-9,17H,3,10H2,1-2H3. The average Bonchev–Trinajstić information content (AvgIpc) is 2.55. The van der Waals surface area contributed by atoms with E-state index in [1.54, 1.807) is 6.92 Å². The third-order valence-electron chi connectivity index (χ3n) is 3.36. The molecule has 90 valence electrons. The van der Waals surface area contributed by atoms with E-state index in [2.05, 4.69) is 0 Å². The second-order valence-corrected chi connectivity index (χ2v) is 4.41. The molecule has 17 heavy (non-hydrogen) atoms. The predicted molar refractivity (Wildman–Crippen MR) is 66.0 cm³/mol. The van der Waals surface area contributed by atoms with Crippen LogP contribution < -0.4 is 0 Å². The molecule has 1 aliphatic rings. The minimum absolute atomic E-state index is 0.115. The molecule has 0 aliphatic carbocycles. The molecule has 3 nitrogen and oxygen atoms in total. The number of rotatable bonds is 3. The van der Waals surface area contributed by atoms with Crippen molar-refractivity contribution in [2.24, 2.45) is 0 Å². The molecule has 1 aromatic rings. The Bertz CT molecular complexity index is 453. The van der Waals surface area contributed by atoms with Crippen LogP contribution in [-0.2, 0) is 11.3 Å². The summed E-state index contributed by atoms with van der Waals surface area (Å²) in [7, 11) is 0. The maximum absolute atomic E-state index is 11.9. The quantitative estimate of drug-likeness (QED) is 0.865. The van der Waals surface area contributed by atoms with Gasteiger partial charge in [0.1, 0.15) is 0 Å². The summed E-state index contributed by atoms with van der Waals surface area (Å²) in [5, 5.41) is 10.5. The molecule has 0 bridgehead atoms. The summed E-state index contributed by atoms with van der Waals surface area (Å²) in [6.45, 7) is 4.12. The van der Waals surface area contributed by atoms with Crippen LogP contribution in [0.15, 0.2) is 42.0 Å². The fourth-order valence-corrected chi connectivity index (χ4v) is 2.22. The molecule has 1 aromatic carbocycles. The van der Waals surface area contributed by atoms with Crippen molar-refractivity contribution in [3.05, 3.63) is 47.5 Å². The van der Waals surface area contributed by atoms with Gasteiger partial charge in [-0.2, -0.15) is 0 Å². The summed E-state index contributed by atoms with van der Waals surface area (Å²) in [5.74, 6) is -0.115. The second-order valence-electron chi connectivity index (χ2n) is 4.41. The lowest BCUT2D eigenvalue weighted by atomic mass is 10.0. The SMILES string of the molecule is CCC1(O)C(C)=CC(=O)N1Cc1ccccc1. The third kappa shape index (κ3) is 1.98. The molecule has 1 aliphatic heterocycles. The second kappa shape index (κ2) is 4.34. The lowest BCUT2D eigenvalue weighted by molar-refractivity contribution is -0.144. The molecule has 1 atom stereocenters. The van der Waals surface area contributed by atoms with E-state index >= 15 is 0 Å². The van der Waals surface area contributed by atoms with Gasteiger partial charge in [-0.05, 0) is 24.5 Å². The monoisotopic (exact) mass is 231 g/mol. The van der Waals surface area contributed by atoms with Crippen LogP contribution in [0.1, 0.15) is 25.8 Å².